The molecule has 0 aliphatic rings. The molecular weight excluding hydrogens is 238 g/mol. The number of carboxylic acid groups (broad SMARTS) is 4. The highest BCUT2D eigenvalue weighted by Crippen LogP contribution is 1.98. The Kier molecular flexibility index (Phi) is 4.91. The van der Waals surface area contributed by atoms with E-state index in [1.165, 1.54) is 0 Å². The van der Waals surface area contributed by atoms with Gasteiger partial charge in [-0.1, -0.05) is 0 Å². The molecule has 9 nitrogen and oxygen atoms in total. The summed E-state index contributed by atoms with van der Waals surface area (Å²) < 4.78 is 0. The van der Waals surface area contributed by atoms with Crippen LogP contribution in [0.4, 0.5) is 0 Å². The van der Waals surface area contributed by atoms with Gasteiger partial charge in [0.2, 0.25) is 0 Å². The van der Waals surface area contributed by atoms with Crippen molar-refractivity contribution in [3.05, 3.63) is 23.5 Å². The predicted octanol–water partition coefficient (Wildman–Crippen LogP) is -1.32. The minimum absolute atomic E-state index is 0.195. The lowest BCUT2D eigenvalue weighted by molar-refractivity contribution is -0.136. The summed E-state index contributed by atoms with van der Waals surface area (Å²) in [7, 11) is 0. The van der Waals surface area contributed by atoms with Crippen LogP contribution in [0.25, 0.3) is 0 Å². The normalized spacial score (nSPS) is 11.8. The molecule has 0 aliphatic carbocycles. The molecule has 0 bridgehead atoms. The fourth-order valence-corrected chi connectivity index (χ4v) is 0.695. The van der Waals surface area contributed by atoms with Gasteiger partial charge in [0.1, 0.15) is 11.4 Å². The van der Waals surface area contributed by atoms with Crippen molar-refractivity contribution in [2.75, 3.05) is 0 Å². The number of hydrogen-bond donors (Lipinski definition) is 5. The Labute approximate surface area is 93.3 Å². The Morgan fingerprint density at radius 1 is 0.706 bits per heavy atom. The Balaban J connectivity index is 5.22. The molecule has 0 aliphatic heterocycles. The van der Waals surface area contributed by atoms with E-state index in [1.807, 2.05) is 0 Å². The molecule has 0 atom stereocenters. The lowest BCUT2D eigenvalue weighted by atomic mass is 10.3. The Hall–Kier alpha value is -2.84. The van der Waals surface area contributed by atoms with Crippen LogP contribution in [-0.4, -0.2) is 44.3 Å². The van der Waals surface area contributed by atoms with Gasteiger partial charge < -0.3 is 25.7 Å². The first-order valence-electron chi connectivity index (χ1n) is 3.87. The largest absolute Gasteiger partial charge is 0.478 e. The zero-order chi connectivity index (χ0) is 13.6. The highest BCUT2D eigenvalue weighted by molar-refractivity contribution is 5.98. The summed E-state index contributed by atoms with van der Waals surface area (Å²) in [5.74, 6) is -6.75. The molecule has 0 heterocycles. The summed E-state index contributed by atoms with van der Waals surface area (Å²) >= 11 is 0. The topological polar surface area (TPSA) is 161 Å². The molecule has 0 saturated carbocycles. The van der Waals surface area contributed by atoms with Gasteiger partial charge in [-0.2, -0.15) is 0 Å². The molecular formula is C8H7NO8. The molecule has 5 N–H and O–H groups in total. The van der Waals surface area contributed by atoms with Crippen LogP contribution in [0.1, 0.15) is 0 Å². The van der Waals surface area contributed by atoms with Crippen LogP contribution in [0.5, 0.6) is 0 Å². The molecule has 92 valence electrons. The second kappa shape index (κ2) is 5.90. The lowest BCUT2D eigenvalue weighted by Crippen LogP contribution is -2.26. The van der Waals surface area contributed by atoms with Crippen molar-refractivity contribution in [3.63, 3.8) is 0 Å². The van der Waals surface area contributed by atoms with Crippen molar-refractivity contribution in [1.82, 2.24) is 5.32 Å². The summed E-state index contributed by atoms with van der Waals surface area (Å²) in [6.07, 6.45) is 0.391. The highest BCUT2D eigenvalue weighted by atomic mass is 16.4. The van der Waals surface area contributed by atoms with Gasteiger partial charge in [0.25, 0.3) is 0 Å². The van der Waals surface area contributed by atoms with Gasteiger partial charge in [0, 0.05) is 0 Å². The van der Waals surface area contributed by atoms with Gasteiger partial charge in [0.05, 0.1) is 12.2 Å². The summed E-state index contributed by atoms with van der Waals surface area (Å²) in [6.45, 7) is 0. The maximum absolute atomic E-state index is 10.5. The average Bonchev–Trinajstić information content (AvgIpc) is 2.13. The number of hydrogen-bond acceptors (Lipinski definition) is 5. The van der Waals surface area contributed by atoms with Gasteiger partial charge >= 0.3 is 23.9 Å². The predicted molar refractivity (Wildman–Crippen MR) is 49.8 cm³/mol. The van der Waals surface area contributed by atoms with E-state index in [4.69, 9.17) is 20.4 Å². The third-order valence-electron chi connectivity index (χ3n) is 1.27. The van der Waals surface area contributed by atoms with Crippen LogP contribution in [0.3, 0.4) is 0 Å². The van der Waals surface area contributed by atoms with Crippen LogP contribution in [0.2, 0.25) is 0 Å². The van der Waals surface area contributed by atoms with Crippen LogP contribution >= 0.6 is 0 Å². The van der Waals surface area contributed by atoms with Crippen LogP contribution in [0.15, 0.2) is 23.5 Å². The van der Waals surface area contributed by atoms with Crippen LogP contribution in [0, 0.1) is 0 Å². The molecule has 17 heavy (non-hydrogen) atoms. The number of carbonyl (C=O) groups is 4. The van der Waals surface area contributed by atoms with E-state index >= 15 is 0 Å². The van der Waals surface area contributed by atoms with E-state index in [2.05, 4.69) is 0 Å². The monoisotopic (exact) mass is 245 g/mol. The summed E-state index contributed by atoms with van der Waals surface area (Å²) in [5.41, 5.74) is -1.96. The highest BCUT2D eigenvalue weighted by Gasteiger charge is 2.16. The van der Waals surface area contributed by atoms with Crippen molar-refractivity contribution in [2.24, 2.45) is 0 Å². The second-order valence-electron chi connectivity index (χ2n) is 2.53. The standard InChI is InChI=1S/C8H7NO8/c10-5(11)1-3(7(14)15)9-4(8(16)17)2-6(12)13/h1-2,9H,(H,10,11)(H,12,13)(H,14,15)(H,16,17)/b3-1-,4-2-. The van der Waals surface area contributed by atoms with Crippen LogP contribution < -0.4 is 5.32 Å². The average molecular weight is 245 g/mol. The molecule has 0 radical (unpaired) electrons. The molecule has 9 heteroatoms. The Bertz CT molecular complexity index is 393. The molecule has 0 saturated heterocycles. The van der Waals surface area contributed by atoms with E-state index in [1.54, 1.807) is 5.32 Å². The fraction of sp³-hybridized carbons (Fsp3) is 0. The van der Waals surface area contributed by atoms with E-state index in [-0.39, 0.29) is 12.2 Å². The molecule has 0 aromatic rings. The fourth-order valence-electron chi connectivity index (χ4n) is 0.695. The zero-order valence-electron chi connectivity index (χ0n) is 8.08. The van der Waals surface area contributed by atoms with E-state index in [0.29, 0.717) is 0 Å². The van der Waals surface area contributed by atoms with Crippen molar-refractivity contribution < 1.29 is 39.6 Å². The SMILES string of the molecule is O=C(O)/C=C(\N/C(=C\C(=O)O)C(=O)O)C(=O)O. The van der Waals surface area contributed by atoms with Crippen molar-refractivity contribution in [2.45, 2.75) is 0 Å². The first kappa shape index (κ1) is 14.2. The van der Waals surface area contributed by atoms with E-state index < -0.39 is 35.3 Å². The van der Waals surface area contributed by atoms with Crippen molar-refractivity contribution in [1.29, 1.82) is 0 Å². The smallest absolute Gasteiger partial charge is 0.352 e. The van der Waals surface area contributed by atoms with Gasteiger partial charge in [0.15, 0.2) is 0 Å². The molecule has 0 rings (SSSR count). The molecule has 0 spiro atoms. The number of carboxylic acids is 4. The van der Waals surface area contributed by atoms with Crippen molar-refractivity contribution in [3.8, 4) is 0 Å². The molecule has 0 fully saturated rings. The number of nitrogens with one attached hydrogen (secondary N) is 1. The van der Waals surface area contributed by atoms with Gasteiger partial charge in [-0.25, -0.2) is 19.2 Å². The van der Waals surface area contributed by atoms with Gasteiger partial charge in [-0.05, 0) is 0 Å². The van der Waals surface area contributed by atoms with Crippen molar-refractivity contribution >= 4 is 23.9 Å². The third-order valence-corrected chi connectivity index (χ3v) is 1.27. The Morgan fingerprint density at radius 3 is 1.18 bits per heavy atom. The summed E-state index contributed by atoms with van der Waals surface area (Å²) in [6, 6.07) is 0. The lowest BCUT2D eigenvalue weighted by Gasteiger charge is -2.05. The first-order valence-corrected chi connectivity index (χ1v) is 3.87. The first-order chi connectivity index (χ1) is 7.73. The minimum Gasteiger partial charge on any atom is -0.478 e. The molecule has 0 aromatic heterocycles. The van der Waals surface area contributed by atoms with Crippen LogP contribution in [-0.2, 0) is 19.2 Å². The maximum Gasteiger partial charge on any atom is 0.352 e. The maximum atomic E-state index is 10.5. The third kappa shape index (κ3) is 5.57. The molecule has 0 aromatic carbocycles. The van der Waals surface area contributed by atoms with Gasteiger partial charge in [-0.3, -0.25) is 0 Å². The number of aliphatic carboxylic acids is 4. The minimum atomic E-state index is -1.75. The van der Waals surface area contributed by atoms with E-state index in [0.717, 1.165) is 0 Å². The zero-order valence-corrected chi connectivity index (χ0v) is 8.08. The van der Waals surface area contributed by atoms with E-state index in [9.17, 15) is 19.2 Å². The summed E-state index contributed by atoms with van der Waals surface area (Å²) in [4.78, 5) is 41.5. The molecule has 0 amide bonds. The Morgan fingerprint density at radius 2 is 1.00 bits per heavy atom. The number of rotatable bonds is 6. The summed E-state index contributed by atoms with van der Waals surface area (Å²) in [5, 5.41) is 35.3. The van der Waals surface area contributed by atoms with Gasteiger partial charge in [-0.15, -0.1) is 0 Å². The second-order valence-corrected chi connectivity index (χ2v) is 2.53. The molecule has 0 unspecified atom stereocenters. The quantitative estimate of drug-likeness (QED) is 0.357.